The Hall–Kier alpha value is -3.55. The number of esters is 2. The molecule has 0 bridgehead atoms. The van der Waals surface area contributed by atoms with Crippen molar-refractivity contribution in [2.45, 2.75) is 76.4 Å². The van der Waals surface area contributed by atoms with E-state index >= 15 is 0 Å². The predicted octanol–water partition coefficient (Wildman–Crippen LogP) is 3.64. The van der Waals surface area contributed by atoms with Gasteiger partial charge in [-0.2, -0.15) is 0 Å². The first kappa shape index (κ1) is 104. The predicted molar refractivity (Wildman–Crippen MR) is 149 cm³/mol. The fraction of sp³-hybridized carbons (Fsp3) is 0.353. The van der Waals surface area contributed by atoms with E-state index in [1.54, 1.807) is 12.2 Å². The van der Waals surface area contributed by atoms with Crippen molar-refractivity contribution in [2.75, 3.05) is 0 Å². The van der Waals surface area contributed by atoms with Crippen LogP contribution in [0.25, 0.3) is 0 Å². The van der Waals surface area contributed by atoms with Gasteiger partial charge in [-0.05, 0) is 38.5 Å². The first-order chi connectivity index (χ1) is 24.7. The topological polar surface area (TPSA) is 291 Å². The molecule has 20 heteroatoms. The second-order valence-electron chi connectivity index (χ2n) is 6.04. The van der Waals surface area contributed by atoms with Crippen molar-refractivity contribution >= 4 is 11.9 Å². The van der Waals surface area contributed by atoms with Crippen molar-refractivity contribution in [3.8, 4) is 23.7 Å². The number of hydrogen-bond donors (Lipinski definition) is 0. The Morgan fingerprint density at radius 3 is 0.870 bits per heavy atom. The summed E-state index contributed by atoms with van der Waals surface area (Å²) in [7, 11) is 0. The molecule has 1 heterocycles. The van der Waals surface area contributed by atoms with E-state index in [1.807, 2.05) is 0 Å². The summed E-state index contributed by atoms with van der Waals surface area (Å²) in [6.07, 6.45) is 8.38. The molecule has 0 amide bonds. The molecule has 0 N–H and O–H groups in total. The van der Waals surface area contributed by atoms with Gasteiger partial charge in [0.25, 0.3) is 0 Å². The van der Waals surface area contributed by atoms with Gasteiger partial charge in [0.05, 0.1) is 0 Å². The standard InChI is InChI=1S/C22H28O4.12CO.4Co/c1-3-5-13-19-15-9-7-11-18-22(24)26-20(14-6-4-2)16-10-8-12-17-21(23)25-19;12*1-2;;;;/h3-4,19-20H,1-2,5-8,11-14,17-18H2;;;;;;;;;;;;;;;;/t19-,20+;;;;;;;;;;;;;;;;. The van der Waals surface area contributed by atoms with Crippen molar-refractivity contribution in [1.29, 1.82) is 0 Å². The Balaban J connectivity index is -0.0000000315. The molecule has 2 atom stereocenters. The van der Waals surface area contributed by atoms with E-state index in [0.717, 1.165) is 12.8 Å². The van der Waals surface area contributed by atoms with E-state index < -0.39 is 12.2 Å². The monoisotopic (exact) mass is 928 g/mol. The third kappa shape index (κ3) is 135. The van der Waals surface area contributed by atoms with Gasteiger partial charge in [0.1, 0.15) is 0 Å². The van der Waals surface area contributed by atoms with Crippen LogP contribution in [0.3, 0.4) is 0 Å². The van der Waals surface area contributed by atoms with E-state index in [2.05, 4.69) is 117 Å². The Kier molecular flexibility index (Phi) is 319. The minimum Gasteiger partial charge on any atom is 0 e. The van der Waals surface area contributed by atoms with Gasteiger partial charge in [-0.25, -0.2) is 0 Å². The van der Waals surface area contributed by atoms with Crippen LogP contribution >= 0.6 is 0 Å². The van der Waals surface area contributed by atoms with Crippen molar-refractivity contribution in [1.82, 2.24) is 0 Å². The number of rotatable bonds is 6. The molecule has 0 aromatic heterocycles. The summed E-state index contributed by atoms with van der Waals surface area (Å²) >= 11 is 0. The van der Waals surface area contributed by atoms with Crippen molar-refractivity contribution in [2.24, 2.45) is 0 Å². The van der Waals surface area contributed by atoms with Crippen LogP contribution in [0.1, 0.15) is 64.2 Å². The fourth-order valence-corrected chi connectivity index (χ4v) is 2.31. The van der Waals surface area contributed by atoms with Gasteiger partial charge < -0.3 is 9.47 Å². The molecule has 0 fully saturated rings. The van der Waals surface area contributed by atoms with Gasteiger partial charge in [-0.3, -0.25) is 9.59 Å². The van der Waals surface area contributed by atoms with Crippen LogP contribution in [0.4, 0.5) is 0 Å². The van der Waals surface area contributed by atoms with E-state index in [0.29, 0.717) is 51.4 Å². The maximum absolute atomic E-state index is 12.0. The smallest absolute Gasteiger partial charge is 0 e. The molecule has 0 saturated carbocycles. The Labute approximate surface area is 357 Å². The minimum absolute atomic E-state index is 0. The van der Waals surface area contributed by atoms with E-state index in [4.69, 9.17) is 65.3 Å². The van der Waals surface area contributed by atoms with Gasteiger partial charge in [0, 0.05) is 92.8 Å². The van der Waals surface area contributed by atoms with Crippen LogP contribution in [-0.4, -0.2) is 24.1 Å². The maximum Gasteiger partial charge on any atom is 0 e. The van der Waals surface area contributed by atoms with Crippen LogP contribution < -0.4 is 0 Å². The minimum atomic E-state index is -0.422. The summed E-state index contributed by atoms with van der Waals surface area (Å²) < 4.78 is 101. The molecule has 1 aliphatic rings. The second kappa shape index (κ2) is 166. The average Bonchev–Trinajstić information content (AvgIpc) is 3.24. The zero-order valence-corrected chi connectivity index (χ0v) is 31.8. The Bertz CT molecular complexity index is 954. The number of hydrogen-bond acceptors (Lipinski definition) is 4. The van der Waals surface area contributed by atoms with Gasteiger partial charge >= 0.3 is 148 Å². The van der Waals surface area contributed by atoms with Gasteiger partial charge in [0.15, 0.2) is 12.2 Å². The molecular weight excluding hydrogens is 900 g/mol. The van der Waals surface area contributed by atoms with Crippen LogP contribution in [0, 0.1) is 103 Å². The summed E-state index contributed by atoms with van der Waals surface area (Å²) in [6, 6.07) is 0. The third-order valence-electron chi connectivity index (χ3n) is 3.70. The zero-order valence-electron chi connectivity index (χ0n) is 27.7. The molecular formula is C34H28Co4O16. The molecule has 0 aromatic carbocycles. The fourth-order valence-electron chi connectivity index (χ4n) is 2.31. The van der Waals surface area contributed by atoms with Crippen molar-refractivity contribution in [3.05, 3.63) is 105 Å². The largest absolute Gasteiger partial charge is 0 e. The second-order valence-corrected chi connectivity index (χ2v) is 6.04. The van der Waals surface area contributed by atoms with Crippen LogP contribution in [-0.2, 0) is 142 Å². The molecule has 0 unspecified atom stereocenters. The molecule has 0 aromatic rings. The first-order valence-electron chi connectivity index (χ1n) is 11.7. The maximum atomic E-state index is 12.0. The molecule has 0 aliphatic carbocycles. The third-order valence-corrected chi connectivity index (χ3v) is 3.70. The van der Waals surface area contributed by atoms with Gasteiger partial charge in [-0.1, -0.05) is 35.8 Å². The van der Waals surface area contributed by atoms with E-state index in [1.165, 1.54) is 0 Å². The SMILES string of the molecule is C=CCC[C@H]1C#CCCCC(=O)O[C@H](CCC=C)C#CCCCC(=O)O1.[C-]#[O+].[C-]#[O+].[C-]#[O+].[C-]#[O+].[C-]#[O+].[C-]#[O+].[C-]#[O+].[C-]#[O+].[C-]#[O+].[C-]#[O+].[C-]#[O+].[C-]#[O+].[Co].[Co].[Co].[Co]. The zero-order chi connectivity index (χ0) is 43.0. The summed E-state index contributed by atoms with van der Waals surface area (Å²) in [4.78, 5) is 23.9. The number of carbonyl (C=O) groups is 2. The number of carbonyl (C=O) groups excluding carboxylic acids is 2. The number of allylic oxidation sites excluding steroid dienone is 2. The van der Waals surface area contributed by atoms with Crippen molar-refractivity contribution < 1.29 is 142 Å². The summed E-state index contributed by atoms with van der Waals surface area (Å²) in [5.41, 5.74) is 0. The molecule has 54 heavy (non-hydrogen) atoms. The van der Waals surface area contributed by atoms with Gasteiger partial charge in [0.2, 0.25) is 0 Å². The summed E-state index contributed by atoms with van der Waals surface area (Å²) in [6.45, 7) is 61.4. The Morgan fingerprint density at radius 2 is 0.685 bits per heavy atom. The first-order valence-corrected chi connectivity index (χ1v) is 11.7. The van der Waals surface area contributed by atoms with Crippen LogP contribution in [0.15, 0.2) is 25.3 Å². The van der Waals surface area contributed by atoms with Crippen molar-refractivity contribution in [3.63, 3.8) is 0 Å². The molecule has 0 saturated heterocycles. The van der Waals surface area contributed by atoms with Gasteiger partial charge in [-0.15, -0.1) is 13.2 Å². The average molecular weight is 928 g/mol. The van der Waals surface area contributed by atoms with Crippen LogP contribution in [0.5, 0.6) is 0 Å². The molecule has 0 spiro atoms. The quantitative estimate of drug-likeness (QED) is 0.127. The summed E-state index contributed by atoms with van der Waals surface area (Å²) in [5, 5.41) is 0. The molecule has 4 radical (unpaired) electrons. The van der Waals surface area contributed by atoms with E-state index in [-0.39, 0.29) is 79.1 Å². The number of cyclic esters (lactones) is 2. The molecule has 16 nitrogen and oxygen atoms in total. The van der Waals surface area contributed by atoms with E-state index in [9.17, 15) is 9.59 Å². The molecule has 1 aliphatic heterocycles. The normalized spacial score (nSPS) is 11.0. The summed E-state index contributed by atoms with van der Waals surface area (Å²) in [5.74, 6) is 11.5. The Morgan fingerprint density at radius 1 is 0.481 bits per heavy atom. The number of ether oxygens (including phenoxy) is 2. The van der Waals surface area contributed by atoms with Crippen LogP contribution in [0.2, 0.25) is 0 Å². The molecule has 296 valence electrons. The molecule has 1 rings (SSSR count).